The third-order valence-electron chi connectivity index (χ3n) is 2.83. The average molecular weight is 285 g/mol. The van der Waals surface area contributed by atoms with Gasteiger partial charge in [-0.25, -0.2) is 0 Å². The van der Waals surface area contributed by atoms with Gasteiger partial charge in [0, 0.05) is 0 Å². The minimum atomic E-state index is -0.160. The van der Waals surface area contributed by atoms with Gasteiger partial charge >= 0.3 is 0 Å². The molecule has 0 aliphatic rings. The van der Waals surface area contributed by atoms with Crippen LogP contribution >= 0.6 is 0 Å². The normalized spacial score (nSPS) is 9.95. The first-order valence-corrected chi connectivity index (χ1v) is 6.88. The molecule has 0 aromatic heterocycles. The highest BCUT2D eigenvalue weighted by molar-refractivity contribution is 5.77. The smallest absolute Gasteiger partial charge is 0.258 e. The number of benzene rings is 2. The number of ether oxygens (including phenoxy) is 2. The number of nitrogens with one attached hydrogen (secondary N) is 1. The molecule has 21 heavy (non-hydrogen) atoms. The van der Waals surface area contributed by atoms with E-state index in [0.717, 1.165) is 11.3 Å². The van der Waals surface area contributed by atoms with E-state index in [4.69, 9.17) is 9.47 Å². The quantitative estimate of drug-likeness (QED) is 0.795. The molecule has 4 nitrogen and oxygen atoms in total. The van der Waals surface area contributed by atoms with Crippen molar-refractivity contribution in [2.75, 3.05) is 19.8 Å². The highest BCUT2D eigenvalue weighted by atomic mass is 16.5. The van der Waals surface area contributed by atoms with Crippen molar-refractivity contribution in [1.82, 2.24) is 5.32 Å². The lowest BCUT2D eigenvalue weighted by Crippen LogP contribution is -2.32. The summed E-state index contributed by atoms with van der Waals surface area (Å²) in [6.07, 6.45) is 0. The van der Waals surface area contributed by atoms with Gasteiger partial charge in [-0.1, -0.05) is 35.9 Å². The lowest BCUT2D eigenvalue weighted by Gasteiger charge is -2.09. The summed E-state index contributed by atoms with van der Waals surface area (Å²) in [6.45, 7) is 2.89. The van der Waals surface area contributed by atoms with E-state index in [0.29, 0.717) is 18.9 Å². The SMILES string of the molecule is Cc1ccc(OCC(=O)NCCOc2ccccc2)cc1. The zero-order chi connectivity index (χ0) is 14.9. The first-order valence-electron chi connectivity index (χ1n) is 6.88. The number of carbonyl (C=O) groups excluding carboxylic acids is 1. The summed E-state index contributed by atoms with van der Waals surface area (Å²) in [6, 6.07) is 17.1. The van der Waals surface area contributed by atoms with Gasteiger partial charge in [-0.3, -0.25) is 4.79 Å². The fourth-order valence-electron chi connectivity index (χ4n) is 1.71. The van der Waals surface area contributed by atoms with Gasteiger partial charge in [0.1, 0.15) is 18.1 Å². The standard InChI is InChI=1S/C17H19NO3/c1-14-7-9-16(10-8-14)21-13-17(19)18-11-12-20-15-5-3-2-4-6-15/h2-10H,11-13H2,1H3,(H,18,19). The summed E-state index contributed by atoms with van der Waals surface area (Å²) in [5.41, 5.74) is 1.16. The van der Waals surface area contributed by atoms with Crippen LogP contribution in [0, 0.1) is 6.92 Å². The van der Waals surface area contributed by atoms with E-state index >= 15 is 0 Å². The Morgan fingerprint density at radius 3 is 2.33 bits per heavy atom. The lowest BCUT2D eigenvalue weighted by atomic mass is 10.2. The number of hydrogen-bond acceptors (Lipinski definition) is 3. The summed E-state index contributed by atoms with van der Waals surface area (Å²) in [5.74, 6) is 1.33. The van der Waals surface area contributed by atoms with E-state index in [1.54, 1.807) is 0 Å². The van der Waals surface area contributed by atoms with Crippen LogP contribution in [-0.2, 0) is 4.79 Å². The Morgan fingerprint density at radius 2 is 1.62 bits per heavy atom. The Hall–Kier alpha value is -2.49. The third-order valence-corrected chi connectivity index (χ3v) is 2.83. The summed E-state index contributed by atoms with van der Waals surface area (Å²) in [5, 5.41) is 2.75. The molecule has 0 unspecified atom stereocenters. The Labute approximate surface area is 124 Å². The fourth-order valence-corrected chi connectivity index (χ4v) is 1.71. The number of rotatable bonds is 7. The van der Waals surface area contributed by atoms with E-state index < -0.39 is 0 Å². The molecular weight excluding hydrogens is 266 g/mol. The maximum atomic E-state index is 11.6. The Morgan fingerprint density at radius 1 is 0.952 bits per heavy atom. The van der Waals surface area contributed by atoms with Crippen LogP contribution in [0.2, 0.25) is 0 Å². The minimum absolute atomic E-state index is 0.00833. The van der Waals surface area contributed by atoms with Gasteiger partial charge in [0.15, 0.2) is 6.61 Å². The molecule has 0 heterocycles. The average Bonchev–Trinajstić information content (AvgIpc) is 2.52. The molecule has 0 aliphatic carbocycles. The first-order chi connectivity index (χ1) is 10.2. The van der Waals surface area contributed by atoms with Gasteiger partial charge < -0.3 is 14.8 Å². The van der Waals surface area contributed by atoms with Gasteiger partial charge in [0.25, 0.3) is 5.91 Å². The van der Waals surface area contributed by atoms with Gasteiger partial charge in [-0.2, -0.15) is 0 Å². The molecule has 2 aromatic rings. The molecule has 0 bridgehead atoms. The zero-order valence-electron chi connectivity index (χ0n) is 12.0. The molecule has 4 heteroatoms. The van der Waals surface area contributed by atoms with Gasteiger partial charge in [0.2, 0.25) is 0 Å². The molecule has 1 amide bonds. The van der Waals surface area contributed by atoms with Crippen LogP contribution in [0.3, 0.4) is 0 Å². The molecule has 0 radical (unpaired) electrons. The van der Waals surface area contributed by atoms with Crippen LogP contribution in [0.4, 0.5) is 0 Å². The van der Waals surface area contributed by atoms with Crippen LogP contribution in [0.25, 0.3) is 0 Å². The summed E-state index contributed by atoms with van der Waals surface area (Å²) in [7, 11) is 0. The number of carbonyl (C=O) groups is 1. The van der Waals surface area contributed by atoms with Crippen molar-refractivity contribution in [2.45, 2.75) is 6.92 Å². The van der Waals surface area contributed by atoms with Crippen LogP contribution < -0.4 is 14.8 Å². The van der Waals surface area contributed by atoms with Crippen molar-refractivity contribution in [3.8, 4) is 11.5 Å². The van der Waals surface area contributed by atoms with Crippen LogP contribution in [-0.4, -0.2) is 25.7 Å². The van der Waals surface area contributed by atoms with E-state index in [1.807, 2.05) is 61.5 Å². The highest BCUT2D eigenvalue weighted by Crippen LogP contribution is 2.11. The van der Waals surface area contributed by atoms with Gasteiger partial charge in [-0.05, 0) is 31.2 Å². The van der Waals surface area contributed by atoms with Crippen LogP contribution in [0.1, 0.15) is 5.56 Å². The summed E-state index contributed by atoms with van der Waals surface area (Å²) >= 11 is 0. The fraction of sp³-hybridized carbons (Fsp3) is 0.235. The molecule has 0 saturated carbocycles. The second-order valence-electron chi connectivity index (χ2n) is 4.61. The number of amides is 1. The predicted octanol–water partition coefficient (Wildman–Crippen LogP) is 2.57. The topological polar surface area (TPSA) is 47.6 Å². The van der Waals surface area contributed by atoms with Crippen molar-refractivity contribution in [3.63, 3.8) is 0 Å². The Kier molecular flexibility index (Phi) is 5.64. The number of hydrogen-bond donors (Lipinski definition) is 1. The molecule has 0 saturated heterocycles. The summed E-state index contributed by atoms with van der Waals surface area (Å²) in [4.78, 5) is 11.6. The summed E-state index contributed by atoms with van der Waals surface area (Å²) < 4.78 is 10.9. The second kappa shape index (κ2) is 7.94. The first kappa shape index (κ1) is 14.9. The van der Waals surface area contributed by atoms with Crippen molar-refractivity contribution in [1.29, 1.82) is 0 Å². The molecule has 0 aliphatic heterocycles. The maximum Gasteiger partial charge on any atom is 0.258 e. The van der Waals surface area contributed by atoms with E-state index in [1.165, 1.54) is 0 Å². The largest absolute Gasteiger partial charge is 0.492 e. The van der Waals surface area contributed by atoms with Crippen LogP contribution in [0.5, 0.6) is 11.5 Å². The van der Waals surface area contributed by atoms with Crippen molar-refractivity contribution in [2.24, 2.45) is 0 Å². The van der Waals surface area contributed by atoms with Gasteiger partial charge in [-0.15, -0.1) is 0 Å². The van der Waals surface area contributed by atoms with E-state index in [2.05, 4.69) is 5.32 Å². The van der Waals surface area contributed by atoms with E-state index in [9.17, 15) is 4.79 Å². The molecule has 110 valence electrons. The zero-order valence-corrected chi connectivity index (χ0v) is 12.0. The highest BCUT2D eigenvalue weighted by Gasteiger charge is 2.02. The molecular formula is C17H19NO3. The van der Waals surface area contributed by atoms with Crippen molar-refractivity contribution in [3.05, 3.63) is 60.2 Å². The van der Waals surface area contributed by atoms with Crippen molar-refractivity contribution < 1.29 is 14.3 Å². The minimum Gasteiger partial charge on any atom is -0.492 e. The second-order valence-corrected chi connectivity index (χ2v) is 4.61. The monoisotopic (exact) mass is 285 g/mol. The molecule has 0 spiro atoms. The van der Waals surface area contributed by atoms with Crippen LogP contribution in [0.15, 0.2) is 54.6 Å². The molecule has 0 atom stereocenters. The Bertz CT molecular complexity index is 552. The molecule has 2 aromatic carbocycles. The molecule has 0 fully saturated rings. The molecule has 1 N–H and O–H groups in total. The lowest BCUT2D eigenvalue weighted by molar-refractivity contribution is -0.123. The number of para-hydroxylation sites is 1. The van der Waals surface area contributed by atoms with Crippen molar-refractivity contribution >= 4 is 5.91 Å². The number of aryl methyl sites for hydroxylation is 1. The molecule has 2 rings (SSSR count). The van der Waals surface area contributed by atoms with Gasteiger partial charge in [0.05, 0.1) is 6.54 Å². The Balaban J connectivity index is 1.60. The van der Waals surface area contributed by atoms with E-state index in [-0.39, 0.29) is 12.5 Å². The predicted molar refractivity (Wildman–Crippen MR) is 81.6 cm³/mol. The maximum absolute atomic E-state index is 11.6. The third kappa shape index (κ3) is 5.57.